The van der Waals surface area contributed by atoms with Crippen molar-refractivity contribution >= 4 is 17.6 Å². The lowest BCUT2D eigenvalue weighted by molar-refractivity contribution is -0.136. The highest BCUT2D eigenvalue weighted by Crippen LogP contribution is 2.44. The molecule has 2 saturated carbocycles. The molecule has 0 radical (unpaired) electrons. The predicted octanol–water partition coefficient (Wildman–Crippen LogP) is 1.93. The van der Waals surface area contributed by atoms with Crippen LogP contribution in [0, 0.1) is 5.41 Å². The number of amides is 2. The average Bonchev–Trinajstić information content (AvgIpc) is 2.91. The van der Waals surface area contributed by atoms with E-state index in [4.69, 9.17) is 0 Å². The van der Waals surface area contributed by atoms with Gasteiger partial charge in [-0.25, -0.2) is 0 Å². The maximum absolute atomic E-state index is 11.9. The Bertz CT molecular complexity index is 583. The first-order valence-electron chi connectivity index (χ1n) is 8.10. The molecule has 0 unspecified atom stereocenters. The molecule has 6 nitrogen and oxygen atoms in total. The molecule has 0 atom stereocenters. The van der Waals surface area contributed by atoms with Gasteiger partial charge in [-0.2, -0.15) is 5.10 Å². The molecule has 0 aromatic carbocycles. The third kappa shape index (κ3) is 3.31. The van der Waals surface area contributed by atoms with Gasteiger partial charge in [-0.1, -0.05) is 19.8 Å². The van der Waals surface area contributed by atoms with E-state index < -0.39 is 11.8 Å². The molecular weight excluding hydrogens is 280 g/mol. The van der Waals surface area contributed by atoms with Gasteiger partial charge in [0.05, 0.1) is 0 Å². The van der Waals surface area contributed by atoms with E-state index in [2.05, 4.69) is 22.7 Å². The van der Waals surface area contributed by atoms with Crippen LogP contribution >= 0.6 is 0 Å². The Balaban J connectivity index is 1.56. The highest BCUT2D eigenvalue weighted by atomic mass is 16.2. The molecule has 0 saturated heterocycles. The summed E-state index contributed by atoms with van der Waals surface area (Å²) in [5.74, 6) is -0.240. The summed E-state index contributed by atoms with van der Waals surface area (Å²) in [6, 6.07) is 1.89. The van der Waals surface area contributed by atoms with Gasteiger partial charge in [0.1, 0.15) is 0 Å². The zero-order chi connectivity index (χ0) is 15.7. The van der Waals surface area contributed by atoms with Gasteiger partial charge in [0.15, 0.2) is 5.82 Å². The molecule has 1 heterocycles. The van der Waals surface area contributed by atoms with Crippen LogP contribution in [0.4, 0.5) is 5.82 Å². The second kappa shape index (κ2) is 5.74. The number of aryl methyl sites for hydroxylation is 1. The van der Waals surface area contributed by atoms with Crippen molar-refractivity contribution in [1.29, 1.82) is 0 Å². The van der Waals surface area contributed by atoms with Crippen LogP contribution in [0.5, 0.6) is 0 Å². The Morgan fingerprint density at radius 3 is 2.64 bits per heavy atom. The second-order valence-corrected chi connectivity index (χ2v) is 7.01. The van der Waals surface area contributed by atoms with Gasteiger partial charge in [-0.3, -0.25) is 14.3 Å². The molecule has 0 aliphatic heterocycles. The van der Waals surface area contributed by atoms with E-state index in [1.165, 1.54) is 25.7 Å². The molecule has 2 aliphatic rings. The largest absolute Gasteiger partial charge is 0.347 e. The zero-order valence-corrected chi connectivity index (χ0v) is 13.3. The Kier molecular flexibility index (Phi) is 3.93. The number of aromatic nitrogens is 2. The molecule has 3 rings (SSSR count). The van der Waals surface area contributed by atoms with E-state index in [9.17, 15) is 9.59 Å². The molecule has 2 amide bonds. The minimum atomic E-state index is -0.639. The number of nitrogens with one attached hydrogen (secondary N) is 2. The topological polar surface area (TPSA) is 76.0 Å². The Morgan fingerprint density at radius 2 is 2.00 bits per heavy atom. The molecule has 0 bridgehead atoms. The van der Waals surface area contributed by atoms with Crippen molar-refractivity contribution in [1.82, 2.24) is 15.1 Å². The monoisotopic (exact) mass is 304 g/mol. The quantitative estimate of drug-likeness (QED) is 0.835. The summed E-state index contributed by atoms with van der Waals surface area (Å²) in [6.45, 7) is 2.67. The third-order valence-corrected chi connectivity index (χ3v) is 4.92. The number of anilines is 1. The maximum atomic E-state index is 11.9. The van der Waals surface area contributed by atoms with Crippen molar-refractivity contribution in [2.75, 3.05) is 11.9 Å². The normalized spacial score (nSPS) is 19.9. The van der Waals surface area contributed by atoms with E-state index in [1.54, 1.807) is 0 Å². The molecule has 2 aliphatic carbocycles. The average molecular weight is 304 g/mol. The van der Waals surface area contributed by atoms with Gasteiger partial charge in [0.2, 0.25) is 0 Å². The Morgan fingerprint density at radius 1 is 1.32 bits per heavy atom. The lowest BCUT2D eigenvalue weighted by atomic mass is 10.0. The fourth-order valence-electron chi connectivity index (χ4n) is 3.08. The fraction of sp³-hybridized carbons (Fsp3) is 0.688. The number of nitrogens with zero attached hydrogens (tertiary/aromatic N) is 2. The van der Waals surface area contributed by atoms with Crippen molar-refractivity contribution in [2.24, 2.45) is 12.5 Å². The van der Waals surface area contributed by atoms with Crippen molar-refractivity contribution in [2.45, 2.75) is 51.4 Å². The predicted molar refractivity (Wildman–Crippen MR) is 83.4 cm³/mol. The first kappa shape index (κ1) is 15.1. The van der Waals surface area contributed by atoms with Gasteiger partial charge >= 0.3 is 11.8 Å². The molecule has 22 heavy (non-hydrogen) atoms. The van der Waals surface area contributed by atoms with Crippen molar-refractivity contribution in [3.05, 3.63) is 11.8 Å². The van der Waals surface area contributed by atoms with E-state index in [1.807, 2.05) is 17.8 Å². The highest BCUT2D eigenvalue weighted by Gasteiger charge is 2.37. The van der Waals surface area contributed by atoms with Crippen LogP contribution < -0.4 is 10.6 Å². The summed E-state index contributed by atoms with van der Waals surface area (Å²) in [5.41, 5.74) is 1.33. The summed E-state index contributed by atoms with van der Waals surface area (Å²) in [5, 5.41) is 9.60. The third-order valence-electron chi connectivity index (χ3n) is 4.92. The van der Waals surface area contributed by atoms with E-state index in [-0.39, 0.29) is 5.41 Å². The Labute approximate surface area is 130 Å². The van der Waals surface area contributed by atoms with E-state index >= 15 is 0 Å². The summed E-state index contributed by atoms with van der Waals surface area (Å²) < 4.78 is 1.81. The molecule has 120 valence electrons. The lowest BCUT2D eigenvalue weighted by Crippen LogP contribution is -2.38. The minimum absolute atomic E-state index is 0.191. The van der Waals surface area contributed by atoms with Gasteiger partial charge in [0, 0.05) is 31.3 Å². The van der Waals surface area contributed by atoms with Crippen LogP contribution in [0.3, 0.4) is 0 Å². The number of hydrogen-bond acceptors (Lipinski definition) is 3. The van der Waals surface area contributed by atoms with Crippen LogP contribution in [-0.4, -0.2) is 28.1 Å². The van der Waals surface area contributed by atoms with Crippen molar-refractivity contribution in [3.8, 4) is 0 Å². The van der Waals surface area contributed by atoms with Gasteiger partial charge in [-0.15, -0.1) is 0 Å². The number of rotatable bonds is 4. The van der Waals surface area contributed by atoms with Crippen LogP contribution in [0.2, 0.25) is 0 Å². The highest BCUT2D eigenvalue weighted by molar-refractivity contribution is 6.39. The molecule has 0 spiro atoms. The summed E-state index contributed by atoms with van der Waals surface area (Å²) in [7, 11) is 1.89. The standard InChI is InChI=1S/C16H24N4O2/c1-16(7-8-16)10-17-14(21)15(22)18-13-9-12(20(2)19-13)11-5-3-4-6-11/h9,11H,3-8,10H2,1-2H3,(H,17,21)(H,18,19,22). The molecule has 1 aromatic rings. The number of hydrogen-bond donors (Lipinski definition) is 2. The summed E-state index contributed by atoms with van der Waals surface area (Å²) >= 11 is 0. The number of carbonyl (C=O) groups excluding carboxylic acids is 2. The summed E-state index contributed by atoms with van der Waals surface area (Å²) in [4.78, 5) is 23.7. The second-order valence-electron chi connectivity index (χ2n) is 7.01. The van der Waals surface area contributed by atoms with Gasteiger partial charge < -0.3 is 10.6 Å². The van der Waals surface area contributed by atoms with Gasteiger partial charge in [-0.05, 0) is 31.1 Å². The molecule has 2 fully saturated rings. The first-order valence-corrected chi connectivity index (χ1v) is 8.10. The molecule has 6 heteroatoms. The van der Waals surface area contributed by atoms with Crippen LogP contribution in [-0.2, 0) is 16.6 Å². The zero-order valence-electron chi connectivity index (χ0n) is 13.3. The smallest absolute Gasteiger partial charge is 0.314 e. The van der Waals surface area contributed by atoms with E-state index in [0.29, 0.717) is 18.3 Å². The SMILES string of the molecule is Cn1nc(NC(=O)C(=O)NCC2(C)CC2)cc1C1CCCC1. The lowest BCUT2D eigenvalue weighted by Gasteiger charge is -2.09. The van der Waals surface area contributed by atoms with Crippen LogP contribution in [0.25, 0.3) is 0 Å². The van der Waals surface area contributed by atoms with E-state index in [0.717, 1.165) is 18.5 Å². The van der Waals surface area contributed by atoms with Crippen LogP contribution in [0.15, 0.2) is 6.07 Å². The van der Waals surface area contributed by atoms with Crippen molar-refractivity contribution in [3.63, 3.8) is 0 Å². The number of carbonyl (C=O) groups is 2. The molecule has 1 aromatic heterocycles. The molecular formula is C16H24N4O2. The fourth-order valence-corrected chi connectivity index (χ4v) is 3.08. The molecule has 2 N–H and O–H groups in total. The minimum Gasteiger partial charge on any atom is -0.347 e. The van der Waals surface area contributed by atoms with Crippen molar-refractivity contribution < 1.29 is 9.59 Å². The van der Waals surface area contributed by atoms with Gasteiger partial charge in [0.25, 0.3) is 0 Å². The summed E-state index contributed by atoms with van der Waals surface area (Å²) in [6.07, 6.45) is 7.06. The first-order chi connectivity index (χ1) is 10.5. The maximum Gasteiger partial charge on any atom is 0.314 e. The Hall–Kier alpha value is -1.85. The van der Waals surface area contributed by atoms with Crippen LogP contribution in [0.1, 0.15) is 57.1 Å².